The molecule has 0 spiro atoms. The van der Waals surface area contributed by atoms with Crippen molar-refractivity contribution in [2.45, 2.75) is 25.9 Å². The Kier molecular flexibility index (Phi) is 3.82. The van der Waals surface area contributed by atoms with Gasteiger partial charge in [0.1, 0.15) is 0 Å². The first kappa shape index (κ1) is 12.8. The third kappa shape index (κ3) is 2.46. The van der Waals surface area contributed by atoms with Crippen molar-refractivity contribution in [3.8, 4) is 0 Å². The van der Waals surface area contributed by atoms with Gasteiger partial charge in [-0.3, -0.25) is 4.79 Å². The smallest absolute Gasteiger partial charge is 0.312 e. The molecule has 2 atom stereocenters. The van der Waals surface area contributed by atoms with Crippen LogP contribution >= 0.6 is 0 Å². The third-order valence-corrected chi connectivity index (χ3v) is 3.71. The lowest BCUT2D eigenvalue weighted by atomic mass is 9.78. The van der Waals surface area contributed by atoms with Crippen LogP contribution in [0.25, 0.3) is 6.08 Å². The zero-order valence-corrected chi connectivity index (χ0v) is 10.5. The van der Waals surface area contributed by atoms with Gasteiger partial charge in [-0.1, -0.05) is 42.5 Å². The summed E-state index contributed by atoms with van der Waals surface area (Å²) in [7, 11) is 0. The monoisotopic (exact) mass is 246 g/mol. The van der Waals surface area contributed by atoms with Crippen molar-refractivity contribution < 1.29 is 14.6 Å². The second-order valence-corrected chi connectivity index (χ2v) is 4.74. The number of benzene rings is 1. The summed E-state index contributed by atoms with van der Waals surface area (Å²) in [6.45, 7) is 2.38. The lowest BCUT2D eigenvalue weighted by Gasteiger charge is -2.25. The van der Waals surface area contributed by atoms with Gasteiger partial charge < -0.3 is 9.84 Å². The van der Waals surface area contributed by atoms with E-state index in [1.165, 1.54) is 0 Å². The predicted octanol–water partition coefficient (Wildman–Crippen LogP) is 2.97. The van der Waals surface area contributed by atoms with Crippen LogP contribution in [-0.4, -0.2) is 23.8 Å². The second-order valence-electron chi connectivity index (χ2n) is 4.74. The molecule has 3 heteroatoms. The molecule has 1 saturated heterocycles. The van der Waals surface area contributed by atoms with Crippen molar-refractivity contribution in [2.24, 2.45) is 5.41 Å². The Hall–Kier alpha value is -1.61. The minimum atomic E-state index is -0.759. The van der Waals surface area contributed by atoms with Gasteiger partial charge in [0.15, 0.2) is 0 Å². The number of hydrogen-bond acceptors (Lipinski definition) is 2. The highest BCUT2D eigenvalue weighted by atomic mass is 16.5. The standard InChI is InChI=1S/C15H18O3/c1-12-15(14(16)17,10-11-18-12)9-5-8-13-6-3-2-4-7-13/h2-8,12H,9-11H2,1H3,(H,16,17)/b8-5+. The van der Waals surface area contributed by atoms with Crippen LogP contribution in [-0.2, 0) is 9.53 Å². The van der Waals surface area contributed by atoms with E-state index in [9.17, 15) is 9.90 Å². The molecule has 1 heterocycles. The van der Waals surface area contributed by atoms with E-state index in [0.717, 1.165) is 5.56 Å². The summed E-state index contributed by atoms with van der Waals surface area (Å²) in [5, 5.41) is 9.42. The molecule has 0 radical (unpaired) electrons. The van der Waals surface area contributed by atoms with Crippen molar-refractivity contribution in [3.05, 3.63) is 42.0 Å². The second kappa shape index (κ2) is 5.36. The Bertz CT molecular complexity index is 438. The summed E-state index contributed by atoms with van der Waals surface area (Å²) in [6, 6.07) is 9.89. The number of carboxylic acid groups (broad SMARTS) is 1. The SMILES string of the molecule is CC1OCCC1(C/C=C/c1ccccc1)C(=O)O. The van der Waals surface area contributed by atoms with Gasteiger partial charge in [0.25, 0.3) is 0 Å². The van der Waals surface area contributed by atoms with Crippen molar-refractivity contribution in [1.82, 2.24) is 0 Å². The quantitative estimate of drug-likeness (QED) is 0.888. The fraction of sp³-hybridized carbons (Fsp3) is 0.400. The zero-order valence-electron chi connectivity index (χ0n) is 10.5. The fourth-order valence-electron chi connectivity index (χ4n) is 2.39. The maximum Gasteiger partial charge on any atom is 0.312 e. The summed E-state index contributed by atoms with van der Waals surface area (Å²) in [4.78, 5) is 11.5. The molecule has 1 fully saturated rings. The fourth-order valence-corrected chi connectivity index (χ4v) is 2.39. The van der Waals surface area contributed by atoms with Crippen LogP contribution in [0.3, 0.4) is 0 Å². The average Bonchev–Trinajstić information content (AvgIpc) is 2.73. The lowest BCUT2D eigenvalue weighted by molar-refractivity contribution is -0.151. The number of ether oxygens (including phenoxy) is 1. The van der Waals surface area contributed by atoms with Crippen molar-refractivity contribution >= 4 is 12.0 Å². The van der Waals surface area contributed by atoms with E-state index < -0.39 is 11.4 Å². The predicted molar refractivity (Wildman–Crippen MR) is 70.2 cm³/mol. The number of carboxylic acids is 1. The van der Waals surface area contributed by atoms with E-state index in [-0.39, 0.29) is 6.10 Å². The third-order valence-electron chi connectivity index (χ3n) is 3.71. The molecule has 1 aromatic rings. The molecule has 1 aliphatic rings. The molecule has 1 N–H and O–H groups in total. The van der Waals surface area contributed by atoms with E-state index in [1.54, 1.807) is 0 Å². The molecule has 1 aromatic carbocycles. The Morgan fingerprint density at radius 2 is 2.22 bits per heavy atom. The molecule has 0 amide bonds. The Labute approximate surface area is 107 Å². The Morgan fingerprint density at radius 1 is 1.50 bits per heavy atom. The normalized spacial score (nSPS) is 27.7. The van der Waals surface area contributed by atoms with Crippen LogP contribution in [0, 0.1) is 5.41 Å². The number of aliphatic carboxylic acids is 1. The first-order valence-corrected chi connectivity index (χ1v) is 6.22. The summed E-state index contributed by atoms with van der Waals surface area (Å²) in [5.74, 6) is -0.759. The molecule has 2 rings (SSSR count). The zero-order chi connectivity index (χ0) is 13.0. The van der Waals surface area contributed by atoms with Crippen LogP contribution in [0.1, 0.15) is 25.3 Å². The van der Waals surface area contributed by atoms with Crippen LogP contribution in [0.15, 0.2) is 36.4 Å². The van der Waals surface area contributed by atoms with Crippen molar-refractivity contribution in [2.75, 3.05) is 6.61 Å². The number of rotatable bonds is 4. The maximum absolute atomic E-state index is 11.5. The number of hydrogen-bond donors (Lipinski definition) is 1. The highest BCUT2D eigenvalue weighted by Gasteiger charge is 2.47. The van der Waals surface area contributed by atoms with Gasteiger partial charge in [-0.25, -0.2) is 0 Å². The summed E-state index contributed by atoms with van der Waals surface area (Å²) < 4.78 is 5.42. The number of allylic oxidation sites excluding steroid dienone is 1. The summed E-state index contributed by atoms with van der Waals surface area (Å²) in [5.41, 5.74) is 0.329. The van der Waals surface area contributed by atoms with E-state index >= 15 is 0 Å². The van der Waals surface area contributed by atoms with Crippen LogP contribution in [0.2, 0.25) is 0 Å². The minimum absolute atomic E-state index is 0.226. The van der Waals surface area contributed by atoms with Gasteiger partial charge in [-0.05, 0) is 25.3 Å². The number of carbonyl (C=O) groups is 1. The Balaban J connectivity index is 2.08. The van der Waals surface area contributed by atoms with E-state index in [4.69, 9.17) is 4.74 Å². The van der Waals surface area contributed by atoms with Gasteiger partial charge in [0.05, 0.1) is 11.5 Å². The average molecular weight is 246 g/mol. The molecule has 3 nitrogen and oxygen atoms in total. The lowest BCUT2D eigenvalue weighted by Crippen LogP contribution is -2.36. The molecular weight excluding hydrogens is 228 g/mol. The largest absolute Gasteiger partial charge is 0.481 e. The molecule has 18 heavy (non-hydrogen) atoms. The molecule has 2 unspecified atom stereocenters. The van der Waals surface area contributed by atoms with Crippen molar-refractivity contribution in [3.63, 3.8) is 0 Å². The molecule has 1 aliphatic heterocycles. The molecule has 96 valence electrons. The van der Waals surface area contributed by atoms with Gasteiger partial charge in [-0.15, -0.1) is 0 Å². The van der Waals surface area contributed by atoms with Crippen molar-refractivity contribution in [1.29, 1.82) is 0 Å². The molecule has 0 bridgehead atoms. The summed E-state index contributed by atoms with van der Waals surface area (Å²) in [6.07, 6.45) is 4.78. The van der Waals surface area contributed by atoms with Crippen LogP contribution in [0.5, 0.6) is 0 Å². The van der Waals surface area contributed by atoms with Crippen LogP contribution in [0.4, 0.5) is 0 Å². The topological polar surface area (TPSA) is 46.5 Å². The Morgan fingerprint density at radius 3 is 2.78 bits per heavy atom. The molecule has 0 aromatic heterocycles. The van der Waals surface area contributed by atoms with E-state index in [0.29, 0.717) is 19.4 Å². The maximum atomic E-state index is 11.5. The molecular formula is C15H18O3. The van der Waals surface area contributed by atoms with Crippen LogP contribution < -0.4 is 0 Å². The van der Waals surface area contributed by atoms with Gasteiger partial charge in [-0.2, -0.15) is 0 Å². The summed E-state index contributed by atoms with van der Waals surface area (Å²) >= 11 is 0. The molecule has 0 aliphatic carbocycles. The highest BCUT2D eigenvalue weighted by molar-refractivity contribution is 5.76. The molecule has 0 saturated carbocycles. The van der Waals surface area contributed by atoms with E-state index in [2.05, 4.69) is 0 Å². The van der Waals surface area contributed by atoms with Gasteiger partial charge in [0.2, 0.25) is 0 Å². The first-order valence-electron chi connectivity index (χ1n) is 6.22. The van der Waals surface area contributed by atoms with Gasteiger partial charge in [0, 0.05) is 6.61 Å². The first-order chi connectivity index (χ1) is 8.65. The van der Waals surface area contributed by atoms with Gasteiger partial charge >= 0.3 is 5.97 Å². The highest BCUT2D eigenvalue weighted by Crippen LogP contribution is 2.39. The van der Waals surface area contributed by atoms with E-state index in [1.807, 2.05) is 49.4 Å². The minimum Gasteiger partial charge on any atom is -0.481 e.